The zero-order valence-corrected chi connectivity index (χ0v) is 19.0. The molecule has 2 aliphatic rings. The predicted octanol–water partition coefficient (Wildman–Crippen LogP) is 5.03. The molecule has 0 spiro atoms. The molecule has 176 valence electrons. The average molecular weight is 460 g/mol. The summed E-state index contributed by atoms with van der Waals surface area (Å²) in [6, 6.07) is 4.44. The molecule has 1 unspecified atom stereocenters. The second-order valence-corrected chi connectivity index (χ2v) is 9.05. The fourth-order valence-electron chi connectivity index (χ4n) is 5.20. The molecule has 0 amide bonds. The van der Waals surface area contributed by atoms with Gasteiger partial charge >= 0.3 is 6.18 Å². The van der Waals surface area contributed by atoms with Gasteiger partial charge in [-0.05, 0) is 50.8 Å². The van der Waals surface area contributed by atoms with Gasteiger partial charge < -0.3 is 10.1 Å². The number of rotatable bonds is 4. The summed E-state index contributed by atoms with van der Waals surface area (Å²) in [5.74, 6) is 1.30. The summed E-state index contributed by atoms with van der Waals surface area (Å²) in [4.78, 5) is 11.7. The number of alkyl halides is 3. The number of nitrogens with one attached hydrogen (secondary N) is 1. The van der Waals surface area contributed by atoms with Crippen molar-refractivity contribution in [1.29, 1.82) is 0 Å². The molecule has 0 radical (unpaired) electrons. The highest BCUT2D eigenvalue weighted by Gasteiger charge is 2.34. The van der Waals surface area contributed by atoms with E-state index in [1.165, 1.54) is 13.0 Å². The van der Waals surface area contributed by atoms with Crippen molar-refractivity contribution < 1.29 is 17.9 Å². The van der Waals surface area contributed by atoms with Crippen LogP contribution in [-0.2, 0) is 24.0 Å². The van der Waals surface area contributed by atoms with Crippen LogP contribution in [0.3, 0.4) is 0 Å². The van der Waals surface area contributed by atoms with Gasteiger partial charge in [0.2, 0.25) is 5.78 Å². The monoisotopic (exact) mass is 459 g/mol. The van der Waals surface area contributed by atoms with E-state index in [-0.39, 0.29) is 11.6 Å². The fraction of sp³-hybridized carbons (Fsp3) is 0.500. The summed E-state index contributed by atoms with van der Waals surface area (Å²) >= 11 is 0. The number of anilines is 1. The molecule has 1 atom stereocenters. The van der Waals surface area contributed by atoms with Gasteiger partial charge in [0, 0.05) is 49.3 Å². The van der Waals surface area contributed by atoms with Gasteiger partial charge in [-0.1, -0.05) is 12.1 Å². The first kappa shape index (κ1) is 22.2. The van der Waals surface area contributed by atoms with Gasteiger partial charge in [-0.15, -0.1) is 0 Å². The van der Waals surface area contributed by atoms with Gasteiger partial charge in [-0.2, -0.15) is 18.2 Å². The molecule has 9 heteroatoms. The first-order valence-corrected chi connectivity index (χ1v) is 11.3. The van der Waals surface area contributed by atoms with Crippen LogP contribution in [0.4, 0.5) is 19.0 Å². The van der Waals surface area contributed by atoms with Crippen LogP contribution in [0.2, 0.25) is 0 Å². The largest absolute Gasteiger partial charge is 0.416 e. The lowest BCUT2D eigenvalue weighted by atomic mass is 9.97. The summed E-state index contributed by atoms with van der Waals surface area (Å²) in [7, 11) is 0. The smallest absolute Gasteiger partial charge is 0.381 e. The maximum absolute atomic E-state index is 13.4. The SMILES string of the molecule is Cc1c(C(C)Nc2nc3ncc(C)n3c3c2CN(C2CCOCC2)C3)cccc1C(F)(F)F. The summed E-state index contributed by atoms with van der Waals surface area (Å²) in [6.07, 6.45) is -0.578. The zero-order chi connectivity index (χ0) is 23.3. The molecule has 0 aliphatic carbocycles. The Balaban J connectivity index is 1.50. The van der Waals surface area contributed by atoms with E-state index in [9.17, 15) is 13.2 Å². The minimum absolute atomic E-state index is 0.239. The van der Waals surface area contributed by atoms with Crippen LogP contribution in [0.1, 0.15) is 59.4 Å². The Morgan fingerprint density at radius 2 is 1.91 bits per heavy atom. The summed E-state index contributed by atoms with van der Waals surface area (Å²) in [5.41, 5.74) is 3.51. The number of aromatic nitrogens is 3. The molecule has 6 nitrogen and oxygen atoms in total. The van der Waals surface area contributed by atoms with Crippen molar-refractivity contribution in [1.82, 2.24) is 19.3 Å². The van der Waals surface area contributed by atoms with E-state index >= 15 is 0 Å². The number of imidazole rings is 1. The minimum Gasteiger partial charge on any atom is -0.381 e. The molecule has 1 aromatic carbocycles. The van der Waals surface area contributed by atoms with Crippen molar-refractivity contribution in [3.05, 3.63) is 58.0 Å². The van der Waals surface area contributed by atoms with Crippen LogP contribution in [0.25, 0.3) is 5.78 Å². The second-order valence-electron chi connectivity index (χ2n) is 9.05. The van der Waals surface area contributed by atoms with Crippen molar-refractivity contribution in [3.8, 4) is 0 Å². The number of ether oxygens (including phenoxy) is 1. The predicted molar refractivity (Wildman–Crippen MR) is 119 cm³/mol. The lowest BCUT2D eigenvalue weighted by Gasteiger charge is -2.30. The molecule has 2 aromatic heterocycles. The standard InChI is InChI=1S/C24H28F3N5O/c1-14-11-28-23-30-22(29-16(3)18-5-4-6-20(15(18)2)24(25,26)27)19-12-31(13-21(19)32(14)23)17-7-9-33-10-8-17/h4-6,11,16-17H,7-10,12-13H2,1-3H3,(H,28,29,30). The van der Waals surface area contributed by atoms with Crippen molar-refractivity contribution in [2.75, 3.05) is 18.5 Å². The fourth-order valence-corrected chi connectivity index (χ4v) is 5.20. The van der Waals surface area contributed by atoms with Crippen LogP contribution in [0.15, 0.2) is 24.4 Å². The molecule has 1 fully saturated rings. The third-order valence-electron chi connectivity index (χ3n) is 6.96. The Morgan fingerprint density at radius 3 is 2.64 bits per heavy atom. The summed E-state index contributed by atoms with van der Waals surface area (Å²) in [6.45, 7) is 8.50. The van der Waals surface area contributed by atoms with E-state index in [4.69, 9.17) is 9.72 Å². The number of fused-ring (bicyclic) bond motifs is 3. The number of halogens is 3. The first-order chi connectivity index (χ1) is 15.7. The van der Waals surface area contributed by atoms with Crippen LogP contribution in [0, 0.1) is 13.8 Å². The van der Waals surface area contributed by atoms with Crippen molar-refractivity contribution in [2.24, 2.45) is 0 Å². The van der Waals surface area contributed by atoms with Crippen molar-refractivity contribution in [2.45, 2.75) is 65.0 Å². The Bertz CT molecular complexity index is 1180. The van der Waals surface area contributed by atoms with Gasteiger partial charge in [0.15, 0.2) is 0 Å². The Kier molecular flexibility index (Phi) is 5.56. The van der Waals surface area contributed by atoms with Gasteiger partial charge in [0.1, 0.15) is 5.82 Å². The highest BCUT2D eigenvalue weighted by molar-refractivity contribution is 5.56. The Hall–Kier alpha value is -2.65. The summed E-state index contributed by atoms with van der Waals surface area (Å²) in [5, 5.41) is 3.42. The lowest BCUT2D eigenvalue weighted by Crippen LogP contribution is -2.35. The van der Waals surface area contributed by atoms with E-state index in [1.807, 2.05) is 20.0 Å². The Labute approximate surface area is 190 Å². The second kappa shape index (κ2) is 8.29. The molecule has 4 heterocycles. The first-order valence-electron chi connectivity index (χ1n) is 11.3. The number of hydrogen-bond acceptors (Lipinski definition) is 5. The molecule has 0 saturated carbocycles. The topological polar surface area (TPSA) is 54.7 Å². The lowest BCUT2D eigenvalue weighted by molar-refractivity contribution is -0.138. The third-order valence-corrected chi connectivity index (χ3v) is 6.96. The maximum atomic E-state index is 13.4. The van der Waals surface area contributed by atoms with Gasteiger partial charge in [-0.25, -0.2) is 4.98 Å². The van der Waals surface area contributed by atoms with Gasteiger partial charge in [-0.3, -0.25) is 9.30 Å². The molecule has 1 saturated heterocycles. The highest BCUT2D eigenvalue weighted by Crippen LogP contribution is 2.37. The van der Waals surface area contributed by atoms with Gasteiger partial charge in [0.25, 0.3) is 0 Å². The van der Waals surface area contributed by atoms with Crippen molar-refractivity contribution >= 4 is 11.6 Å². The molecule has 1 N–H and O–H groups in total. The quantitative estimate of drug-likeness (QED) is 0.593. The number of hydrogen-bond donors (Lipinski definition) is 1. The van der Waals surface area contributed by atoms with E-state index < -0.39 is 11.7 Å². The molecular weight excluding hydrogens is 431 g/mol. The molecule has 0 bridgehead atoms. The van der Waals surface area contributed by atoms with Crippen molar-refractivity contribution in [3.63, 3.8) is 0 Å². The average Bonchev–Trinajstić information content (AvgIpc) is 3.37. The van der Waals surface area contributed by atoms with E-state index in [2.05, 4.69) is 19.6 Å². The number of nitrogens with zero attached hydrogens (tertiary/aromatic N) is 4. The minimum atomic E-state index is -4.38. The van der Waals surface area contributed by atoms with Crippen LogP contribution < -0.4 is 5.32 Å². The third kappa shape index (κ3) is 3.97. The zero-order valence-electron chi connectivity index (χ0n) is 19.0. The van der Waals surface area contributed by atoms with E-state index in [1.54, 1.807) is 6.07 Å². The van der Waals surface area contributed by atoms with E-state index in [0.717, 1.165) is 62.2 Å². The number of aryl methyl sites for hydroxylation is 1. The van der Waals surface area contributed by atoms with E-state index in [0.29, 0.717) is 23.2 Å². The number of benzene rings is 1. The molecule has 3 aromatic rings. The van der Waals surface area contributed by atoms with Gasteiger partial charge in [0.05, 0.1) is 17.8 Å². The summed E-state index contributed by atoms with van der Waals surface area (Å²) < 4.78 is 47.9. The molecular formula is C24H28F3N5O. The highest BCUT2D eigenvalue weighted by atomic mass is 19.4. The van der Waals surface area contributed by atoms with Crippen LogP contribution in [0.5, 0.6) is 0 Å². The molecule has 5 rings (SSSR count). The molecule has 2 aliphatic heterocycles. The van der Waals surface area contributed by atoms with Crippen LogP contribution >= 0.6 is 0 Å². The van der Waals surface area contributed by atoms with Crippen LogP contribution in [-0.4, -0.2) is 38.5 Å². The Morgan fingerprint density at radius 1 is 1.15 bits per heavy atom. The maximum Gasteiger partial charge on any atom is 0.416 e. The normalized spacial score (nSPS) is 18.6. The molecule has 33 heavy (non-hydrogen) atoms.